The molecule has 1 aliphatic heterocycles. The molecule has 3 rings (SSSR count). The van der Waals surface area contributed by atoms with Gasteiger partial charge >= 0.3 is 6.09 Å². The third kappa shape index (κ3) is 5.76. The van der Waals surface area contributed by atoms with Crippen molar-refractivity contribution < 1.29 is 19.4 Å². The van der Waals surface area contributed by atoms with Crippen LogP contribution in [-0.2, 0) is 6.54 Å². The number of hydrogen-bond acceptors (Lipinski definition) is 4. The van der Waals surface area contributed by atoms with E-state index in [4.69, 9.17) is 14.6 Å². The van der Waals surface area contributed by atoms with Gasteiger partial charge in [-0.1, -0.05) is 30.3 Å². The fourth-order valence-corrected chi connectivity index (χ4v) is 3.09. The molecule has 0 aliphatic carbocycles. The van der Waals surface area contributed by atoms with Crippen molar-refractivity contribution in [2.75, 3.05) is 39.9 Å². The van der Waals surface area contributed by atoms with Crippen molar-refractivity contribution in [3.05, 3.63) is 65.7 Å². The van der Waals surface area contributed by atoms with E-state index in [0.29, 0.717) is 19.7 Å². The molecule has 1 aliphatic rings. The molecule has 28 heavy (non-hydrogen) atoms. The third-order valence-electron chi connectivity index (χ3n) is 4.74. The zero-order chi connectivity index (χ0) is 19.8. The molecular formula is C22H26N2O4. The summed E-state index contributed by atoms with van der Waals surface area (Å²) in [5, 5.41) is 9.01. The fourth-order valence-electron chi connectivity index (χ4n) is 3.09. The Labute approximate surface area is 165 Å². The zero-order valence-electron chi connectivity index (χ0n) is 16.1. The highest BCUT2D eigenvalue weighted by Gasteiger charge is 2.20. The van der Waals surface area contributed by atoms with Crippen molar-refractivity contribution >= 4 is 12.2 Å². The van der Waals surface area contributed by atoms with Crippen LogP contribution in [0.15, 0.2) is 54.6 Å². The first-order chi connectivity index (χ1) is 13.6. The lowest BCUT2D eigenvalue weighted by atomic mass is 10.1. The van der Waals surface area contributed by atoms with Gasteiger partial charge in [0.05, 0.1) is 7.11 Å². The number of rotatable bonds is 7. The van der Waals surface area contributed by atoms with Crippen molar-refractivity contribution in [2.24, 2.45) is 0 Å². The van der Waals surface area contributed by atoms with E-state index in [2.05, 4.69) is 29.2 Å². The molecule has 6 heteroatoms. The van der Waals surface area contributed by atoms with Crippen LogP contribution in [0.25, 0.3) is 6.08 Å². The average Bonchev–Trinajstić information content (AvgIpc) is 2.73. The highest BCUT2D eigenvalue weighted by molar-refractivity contribution is 5.65. The lowest BCUT2D eigenvalue weighted by Crippen LogP contribution is -2.47. The molecule has 1 amide bonds. The van der Waals surface area contributed by atoms with Crippen LogP contribution in [0.4, 0.5) is 4.79 Å². The second-order valence-electron chi connectivity index (χ2n) is 6.68. The average molecular weight is 382 g/mol. The summed E-state index contributed by atoms with van der Waals surface area (Å²) < 4.78 is 10.8. The molecule has 0 atom stereocenters. The van der Waals surface area contributed by atoms with Crippen LogP contribution in [0.1, 0.15) is 11.1 Å². The van der Waals surface area contributed by atoms with E-state index in [1.54, 1.807) is 7.11 Å². The number of amides is 1. The van der Waals surface area contributed by atoms with Crippen LogP contribution in [0.2, 0.25) is 0 Å². The van der Waals surface area contributed by atoms with E-state index < -0.39 is 6.09 Å². The van der Waals surface area contributed by atoms with E-state index in [1.165, 1.54) is 10.5 Å². The number of piperazine rings is 1. The van der Waals surface area contributed by atoms with Crippen LogP contribution in [0, 0.1) is 0 Å². The Morgan fingerprint density at radius 1 is 1.00 bits per heavy atom. The third-order valence-corrected chi connectivity index (χ3v) is 4.74. The molecular weight excluding hydrogens is 356 g/mol. The van der Waals surface area contributed by atoms with Crippen molar-refractivity contribution in [1.29, 1.82) is 0 Å². The molecule has 1 fully saturated rings. The quantitative estimate of drug-likeness (QED) is 0.793. The Morgan fingerprint density at radius 3 is 2.25 bits per heavy atom. The van der Waals surface area contributed by atoms with Crippen LogP contribution >= 0.6 is 0 Å². The minimum Gasteiger partial charge on any atom is -0.497 e. The Morgan fingerprint density at radius 2 is 1.64 bits per heavy atom. The van der Waals surface area contributed by atoms with Gasteiger partial charge in [-0.05, 0) is 41.5 Å². The maximum atomic E-state index is 11.0. The second-order valence-corrected chi connectivity index (χ2v) is 6.68. The molecule has 0 aromatic heterocycles. The van der Waals surface area contributed by atoms with Gasteiger partial charge in [0.25, 0.3) is 0 Å². The molecule has 6 nitrogen and oxygen atoms in total. The number of benzene rings is 2. The molecule has 2 aromatic rings. The largest absolute Gasteiger partial charge is 0.497 e. The van der Waals surface area contributed by atoms with Crippen molar-refractivity contribution in [3.8, 4) is 11.5 Å². The van der Waals surface area contributed by atoms with E-state index in [9.17, 15) is 4.79 Å². The summed E-state index contributed by atoms with van der Waals surface area (Å²) in [5.41, 5.74) is 2.35. The lowest BCUT2D eigenvalue weighted by molar-refractivity contribution is 0.103. The summed E-state index contributed by atoms with van der Waals surface area (Å²) in [6.07, 6.45) is 3.20. The maximum absolute atomic E-state index is 11.0. The van der Waals surface area contributed by atoms with Crippen LogP contribution in [0.5, 0.6) is 11.5 Å². The molecule has 0 spiro atoms. The first-order valence-electron chi connectivity index (χ1n) is 9.36. The predicted octanol–water partition coefficient (Wildman–Crippen LogP) is 3.58. The number of carboxylic acid groups (broad SMARTS) is 1. The predicted molar refractivity (Wildman–Crippen MR) is 109 cm³/mol. The van der Waals surface area contributed by atoms with Gasteiger partial charge in [-0.2, -0.15) is 0 Å². The van der Waals surface area contributed by atoms with Gasteiger partial charge in [-0.3, -0.25) is 4.90 Å². The standard InChI is InChI=1S/C22H26N2O4/c1-27-20-8-10-21(11-9-20)28-16-2-3-18-4-6-19(7-5-18)17-23-12-14-24(15-13-23)22(25)26/h2-11H,12-17H2,1H3,(H,25,26)/b3-2+. The minimum absolute atomic E-state index is 0.502. The van der Waals surface area contributed by atoms with Gasteiger partial charge in [-0.25, -0.2) is 4.79 Å². The molecule has 1 heterocycles. The lowest BCUT2D eigenvalue weighted by Gasteiger charge is -2.33. The van der Waals surface area contributed by atoms with Crippen molar-refractivity contribution in [3.63, 3.8) is 0 Å². The summed E-state index contributed by atoms with van der Waals surface area (Å²) in [7, 11) is 1.64. The number of carbonyl (C=O) groups is 1. The molecule has 0 bridgehead atoms. The summed E-state index contributed by atoms with van der Waals surface area (Å²) in [4.78, 5) is 14.7. The molecule has 0 saturated carbocycles. The molecule has 0 unspecified atom stereocenters. The first kappa shape index (κ1) is 19.8. The molecule has 2 aromatic carbocycles. The smallest absolute Gasteiger partial charge is 0.407 e. The van der Waals surface area contributed by atoms with Crippen molar-refractivity contribution in [1.82, 2.24) is 9.80 Å². The Kier molecular flexibility index (Phi) is 6.92. The number of hydrogen-bond donors (Lipinski definition) is 1. The van der Waals surface area contributed by atoms with E-state index >= 15 is 0 Å². The van der Waals surface area contributed by atoms with Crippen LogP contribution < -0.4 is 9.47 Å². The summed E-state index contributed by atoms with van der Waals surface area (Å²) in [6, 6.07) is 15.9. The maximum Gasteiger partial charge on any atom is 0.407 e. The summed E-state index contributed by atoms with van der Waals surface area (Å²) >= 11 is 0. The second kappa shape index (κ2) is 9.80. The fraction of sp³-hybridized carbons (Fsp3) is 0.318. The normalized spacial score (nSPS) is 15.0. The Bertz CT molecular complexity index is 779. The topological polar surface area (TPSA) is 62.2 Å². The number of methoxy groups -OCH3 is 1. The minimum atomic E-state index is -0.827. The first-order valence-corrected chi connectivity index (χ1v) is 9.36. The van der Waals surface area contributed by atoms with Crippen LogP contribution in [-0.4, -0.2) is 60.9 Å². The van der Waals surface area contributed by atoms with Gasteiger partial charge < -0.3 is 19.5 Å². The summed E-state index contributed by atoms with van der Waals surface area (Å²) in [5.74, 6) is 1.62. The van der Waals surface area contributed by atoms with Crippen LogP contribution in [0.3, 0.4) is 0 Å². The Hall–Kier alpha value is -2.99. The van der Waals surface area contributed by atoms with Gasteiger partial charge in [0.2, 0.25) is 0 Å². The molecule has 1 N–H and O–H groups in total. The molecule has 0 radical (unpaired) electrons. The SMILES string of the molecule is COc1ccc(OC/C=C/c2ccc(CN3CCN(C(=O)O)CC3)cc2)cc1. The monoisotopic (exact) mass is 382 g/mol. The van der Waals surface area contributed by atoms with Gasteiger partial charge in [-0.15, -0.1) is 0 Å². The molecule has 148 valence electrons. The van der Waals surface area contributed by atoms with E-state index in [0.717, 1.165) is 36.7 Å². The number of ether oxygens (including phenoxy) is 2. The highest BCUT2D eigenvalue weighted by Crippen LogP contribution is 2.17. The molecule has 1 saturated heterocycles. The zero-order valence-corrected chi connectivity index (χ0v) is 16.1. The number of nitrogens with zero attached hydrogens (tertiary/aromatic N) is 2. The van der Waals surface area contributed by atoms with E-state index in [1.807, 2.05) is 36.4 Å². The highest BCUT2D eigenvalue weighted by atomic mass is 16.5. The Balaban J connectivity index is 1.42. The summed E-state index contributed by atoms with van der Waals surface area (Å²) in [6.45, 7) is 4.04. The van der Waals surface area contributed by atoms with Gasteiger partial charge in [0.15, 0.2) is 0 Å². The van der Waals surface area contributed by atoms with Crippen molar-refractivity contribution in [2.45, 2.75) is 6.54 Å². The van der Waals surface area contributed by atoms with Gasteiger partial charge in [0.1, 0.15) is 18.1 Å². The van der Waals surface area contributed by atoms with E-state index in [-0.39, 0.29) is 0 Å². The van der Waals surface area contributed by atoms with Gasteiger partial charge in [0, 0.05) is 32.7 Å².